The molecule has 0 bridgehead atoms. The predicted molar refractivity (Wildman–Crippen MR) is 190 cm³/mol. The summed E-state index contributed by atoms with van der Waals surface area (Å²) >= 11 is 13.8. The van der Waals surface area contributed by atoms with Crippen LogP contribution in [0.25, 0.3) is 6.08 Å². The lowest BCUT2D eigenvalue weighted by molar-refractivity contribution is -0.116. The van der Waals surface area contributed by atoms with E-state index in [0.29, 0.717) is 38.3 Å². The Morgan fingerprint density at radius 3 is 2.13 bits per heavy atom. The van der Waals surface area contributed by atoms with Gasteiger partial charge >= 0.3 is 0 Å². The van der Waals surface area contributed by atoms with Gasteiger partial charge < -0.3 is 20.7 Å². The van der Waals surface area contributed by atoms with E-state index in [4.69, 9.17) is 27.9 Å². The summed E-state index contributed by atoms with van der Waals surface area (Å²) in [7, 11) is 1.58. The Morgan fingerprint density at radius 1 is 0.745 bits per heavy atom. The zero-order valence-corrected chi connectivity index (χ0v) is 27.4. The number of ether oxygens (including phenoxy) is 1. The maximum Gasteiger partial charge on any atom is 0.272 e. The molecule has 1 unspecified atom stereocenters. The molecule has 10 heteroatoms. The Bertz CT molecular complexity index is 1900. The lowest BCUT2D eigenvalue weighted by atomic mass is 10.1. The molecule has 7 nitrogen and oxygen atoms in total. The van der Waals surface area contributed by atoms with Gasteiger partial charge in [0, 0.05) is 31.9 Å². The summed E-state index contributed by atoms with van der Waals surface area (Å²) in [6, 6.07) is 37.1. The van der Waals surface area contributed by atoms with E-state index in [2.05, 4.69) is 16.0 Å². The zero-order chi connectivity index (χ0) is 33.2. The van der Waals surface area contributed by atoms with Crippen molar-refractivity contribution in [3.05, 3.63) is 160 Å². The Kier molecular flexibility index (Phi) is 11.4. The van der Waals surface area contributed by atoms with Crippen LogP contribution >= 0.6 is 35.0 Å². The number of carbonyl (C=O) groups is 3. The Morgan fingerprint density at radius 2 is 1.45 bits per heavy atom. The van der Waals surface area contributed by atoms with Gasteiger partial charge in [-0.1, -0.05) is 83.9 Å². The van der Waals surface area contributed by atoms with E-state index in [1.165, 1.54) is 17.8 Å². The first-order valence-corrected chi connectivity index (χ1v) is 16.0. The fourth-order valence-corrected chi connectivity index (χ4v) is 6.03. The smallest absolute Gasteiger partial charge is 0.272 e. The molecule has 0 heterocycles. The Labute approximate surface area is 287 Å². The summed E-state index contributed by atoms with van der Waals surface area (Å²) in [5.41, 5.74) is 2.76. The third-order valence-corrected chi connectivity index (χ3v) is 8.65. The topological polar surface area (TPSA) is 96.5 Å². The van der Waals surface area contributed by atoms with Gasteiger partial charge in [0.2, 0.25) is 5.91 Å². The van der Waals surface area contributed by atoms with Crippen molar-refractivity contribution in [2.45, 2.75) is 10.1 Å². The van der Waals surface area contributed by atoms with Crippen molar-refractivity contribution in [3.63, 3.8) is 0 Å². The molecule has 0 radical (unpaired) electrons. The van der Waals surface area contributed by atoms with E-state index < -0.39 is 17.1 Å². The van der Waals surface area contributed by atoms with E-state index in [9.17, 15) is 14.4 Å². The van der Waals surface area contributed by atoms with Gasteiger partial charge in [0.1, 0.15) is 16.7 Å². The molecule has 236 valence electrons. The van der Waals surface area contributed by atoms with E-state index >= 15 is 0 Å². The number of amides is 3. The van der Waals surface area contributed by atoms with Crippen LogP contribution < -0.4 is 20.7 Å². The molecule has 0 saturated carbocycles. The quantitative estimate of drug-likeness (QED) is 0.0956. The summed E-state index contributed by atoms with van der Waals surface area (Å²) in [5, 5.41) is 8.71. The van der Waals surface area contributed by atoms with Crippen molar-refractivity contribution in [3.8, 4) is 5.75 Å². The third-order valence-electron chi connectivity index (χ3n) is 6.83. The molecule has 3 N–H and O–H groups in total. The monoisotopic (exact) mass is 681 g/mol. The minimum Gasteiger partial charge on any atom is -0.497 e. The van der Waals surface area contributed by atoms with Gasteiger partial charge in [-0.3, -0.25) is 14.4 Å². The first-order valence-electron chi connectivity index (χ1n) is 14.4. The van der Waals surface area contributed by atoms with Gasteiger partial charge in [0.05, 0.1) is 7.11 Å². The van der Waals surface area contributed by atoms with Gasteiger partial charge in [-0.25, -0.2) is 0 Å². The van der Waals surface area contributed by atoms with E-state index in [1.807, 2.05) is 36.4 Å². The van der Waals surface area contributed by atoms with Crippen molar-refractivity contribution in [1.29, 1.82) is 0 Å². The third kappa shape index (κ3) is 9.26. The molecule has 47 heavy (non-hydrogen) atoms. The highest BCUT2D eigenvalue weighted by atomic mass is 35.5. The molecular weight excluding hydrogens is 653 g/mol. The second-order valence-corrected chi connectivity index (χ2v) is 12.2. The van der Waals surface area contributed by atoms with Crippen LogP contribution in [0.5, 0.6) is 5.75 Å². The molecular formula is C37H29Cl2N3O4S. The fourth-order valence-electron chi connectivity index (χ4n) is 4.48. The summed E-state index contributed by atoms with van der Waals surface area (Å²) in [4.78, 5) is 41.0. The van der Waals surface area contributed by atoms with Gasteiger partial charge in [-0.05, 0) is 83.9 Å². The average molecular weight is 683 g/mol. The zero-order valence-electron chi connectivity index (χ0n) is 25.1. The Balaban J connectivity index is 1.38. The van der Waals surface area contributed by atoms with Gasteiger partial charge in [0.25, 0.3) is 11.8 Å². The first-order chi connectivity index (χ1) is 22.8. The number of rotatable bonds is 11. The normalized spacial score (nSPS) is 11.7. The van der Waals surface area contributed by atoms with Crippen molar-refractivity contribution in [2.75, 3.05) is 17.7 Å². The first kappa shape index (κ1) is 33.3. The highest BCUT2D eigenvalue weighted by molar-refractivity contribution is 8.00. The summed E-state index contributed by atoms with van der Waals surface area (Å²) in [6.07, 6.45) is 1.49. The molecule has 0 aromatic heterocycles. The number of anilines is 2. The number of hydrogen-bond acceptors (Lipinski definition) is 5. The molecule has 5 aromatic rings. The fraction of sp³-hybridized carbons (Fsp3) is 0.0541. The van der Waals surface area contributed by atoms with Gasteiger partial charge in [-0.2, -0.15) is 0 Å². The minimum atomic E-state index is -0.600. The van der Waals surface area contributed by atoms with E-state index in [0.717, 1.165) is 10.5 Å². The maximum atomic E-state index is 13.6. The van der Waals surface area contributed by atoms with Crippen LogP contribution in [0.3, 0.4) is 0 Å². The van der Waals surface area contributed by atoms with Crippen LogP contribution in [0.15, 0.2) is 138 Å². The van der Waals surface area contributed by atoms with Gasteiger partial charge in [-0.15, -0.1) is 11.8 Å². The van der Waals surface area contributed by atoms with Crippen molar-refractivity contribution < 1.29 is 19.1 Å². The molecule has 0 aliphatic heterocycles. The van der Waals surface area contributed by atoms with Crippen LogP contribution in [0, 0.1) is 0 Å². The van der Waals surface area contributed by atoms with Gasteiger partial charge in [0.15, 0.2) is 0 Å². The average Bonchev–Trinajstić information content (AvgIpc) is 3.09. The van der Waals surface area contributed by atoms with E-state index in [-0.39, 0.29) is 11.6 Å². The maximum absolute atomic E-state index is 13.6. The molecule has 0 spiro atoms. The SMILES string of the molecule is COc1ccc(NC(=O)C(Sc2cccc(NC(=O)/C(=C\c3ccc(Cl)cc3Cl)NC(=O)c3ccccc3)c2)c2ccccc2)cc1. The second kappa shape index (κ2) is 16.0. The van der Waals surface area contributed by atoms with Crippen molar-refractivity contribution in [1.82, 2.24) is 5.32 Å². The minimum absolute atomic E-state index is 0.0258. The molecule has 0 saturated heterocycles. The van der Waals surface area contributed by atoms with Crippen molar-refractivity contribution >= 4 is 70.1 Å². The molecule has 0 aliphatic rings. The lowest BCUT2D eigenvalue weighted by Gasteiger charge is -2.18. The Hall–Kier alpha value is -5.02. The molecule has 3 amide bonds. The second-order valence-electron chi connectivity index (χ2n) is 10.2. The summed E-state index contributed by atoms with van der Waals surface area (Å²) in [6.45, 7) is 0. The molecule has 1 atom stereocenters. The highest BCUT2D eigenvalue weighted by Crippen LogP contribution is 2.37. The number of nitrogens with one attached hydrogen (secondary N) is 3. The number of thioether (sulfide) groups is 1. The summed E-state index contributed by atoms with van der Waals surface area (Å²) in [5.74, 6) is -0.562. The number of halogens is 2. The van der Waals surface area contributed by atoms with Crippen LogP contribution in [0.4, 0.5) is 11.4 Å². The largest absolute Gasteiger partial charge is 0.497 e. The van der Waals surface area contributed by atoms with Crippen molar-refractivity contribution in [2.24, 2.45) is 0 Å². The molecule has 0 fully saturated rings. The highest BCUT2D eigenvalue weighted by Gasteiger charge is 2.23. The lowest BCUT2D eigenvalue weighted by Crippen LogP contribution is -2.30. The van der Waals surface area contributed by atoms with E-state index in [1.54, 1.807) is 98.1 Å². The van der Waals surface area contributed by atoms with Crippen LogP contribution in [0.2, 0.25) is 10.0 Å². The number of carbonyl (C=O) groups excluding carboxylic acids is 3. The summed E-state index contributed by atoms with van der Waals surface area (Å²) < 4.78 is 5.22. The molecule has 5 aromatic carbocycles. The number of benzene rings is 5. The molecule has 0 aliphatic carbocycles. The predicted octanol–water partition coefficient (Wildman–Crippen LogP) is 8.88. The van der Waals surface area contributed by atoms with Crippen LogP contribution in [-0.4, -0.2) is 24.8 Å². The number of hydrogen-bond donors (Lipinski definition) is 3. The molecule has 5 rings (SSSR count). The standard InChI is InChI=1S/C37H29Cl2N3O4S/c1-46-30-19-17-28(18-20-30)40-37(45)34(24-9-4-2-5-10-24)47-31-14-8-13-29(23-31)41-36(44)33(21-26-15-16-27(38)22-32(26)39)42-35(43)25-11-6-3-7-12-25/h2-23,34H,1H3,(H,40,45)(H,41,44)(H,42,43)/b33-21+. The number of methoxy groups -OCH3 is 1. The van der Waals surface area contributed by atoms with Crippen LogP contribution in [0.1, 0.15) is 26.7 Å². The van der Waals surface area contributed by atoms with Crippen LogP contribution in [-0.2, 0) is 9.59 Å².